The number of hydrogen-bond acceptors (Lipinski definition) is 4. The van der Waals surface area contributed by atoms with Gasteiger partial charge in [-0.2, -0.15) is 0 Å². The van der Waals surface area contributed by atoms with Gasteiger partial charge in [-0.1, -0.05) is 24.3 Å². The summed E-state index contributed by atoms with van der Waals surface area (Å²) in [6, 6.07) is 16.1. The third-order valence-electron chi connectivity index (χ3n) is 4.49. The topological polar surface area (TPSA) is 47.6 Å². The molecule has 5 heteroatoms. The van der Waals surface area contributed by atoms with Crippen molar-refractivity contribution < 1.29 is 14.3 Å². The number of rotatable bonds is 8. The minimum atomic E-state index is 0.0983. The van der Waals surface area contributed by atoms with E-state index in [-0.39, 0.29) is 11.9 Å². The summed E-state index contributed by atoms with van der Waals surface area (Å²) in [5.41, 5.74) is 2.64. The van der Waals surface area contributed by atoms with Crippen LogP contribution in [0.25, 0.3) is 0 Å². The van der Waals surface area contributed by atoms with Crippen molar-refractivity contribution in [2.45, 2.75) is 25.3 Å². The molecule has 0 aliphatic heterocycles. The second-order valence-electron chi connectivity index (χ2n) is 6.29. The summed E-state index contributed by atoms with van der Waals surface area (Å²) in [4.78, 5) is 12.2. The van der Waals surface area contributed by atoms with Crippen LogP contribution in [0.3, 0.4) is 0 Å². The van der Waals surface area contributed by atoms with Crippen molar-refractivity contribution in [2.24, 2.45) is 0 Å². The van der Waals surface area contributed by atoms with E-state index in [1.807, 2.05) is 24.3 Å². The van der Waals surface area contributed by atoms with Crippen molar-refractivity contribution in [3.05, 3.63) is 59.7 Å². The number of amides is 1. The van der Waals surface area contributed by atoms with Gasteiger partial charge in [0.15, 0.2) is 0 Å². The average molecular weight is 372 g/mol. The molecule has 138 valence electrons. The largest absolute Gasteiger partial charge is 0.497 e. The van der Waals surface area contributed by atoms with Crippen LogP contribution < -0.4 is 14.8 Å². The predicted molar refractivity (Wildman–Crippen MR) is 106 cm³/mol. The molecule has 1 N–H and O–H groups in total. The molecule has 0 bridgehead atoms. The van der Waals surface area contributed by atoms with Crippen LogP contribution in [-0.2, 0) is 11.2 Å². The summed E-state index contributed by atoms with van der Waals surface area (Å²) in [7, 11) is 1.64. The monoisotopic (exact) mass is 371 g/mol. The summed E-state index contributed by atoms with van der Waals surface area (Å²) >= 11 is 1.60. The lowest BCUT2D eigenvalue weighted by molar-refractivity contribution is -0.119. The van der Waals surface area contributed by atoms with Crippen LogP contribution >= 0.6 is 11.8 Å². The zero-order chi connectivity index (χ0) is 18.2. The standard InChI is InChI=1S/C21H25NO3S/c1-24-17-9-11-18(12-10-17)25-13-14-26-15-21(23)22-20-8-4-6-16-5-2-3-7-19(16)20/h2-3,5,7,9-12,20H,4,6,8,13-15H2,1H3,(H,22,23). The van der Waals surface area contributed by atoms with Crippen LogP contribution in [0, 0.1) is 0 Å². The highest BCUT2D eigenvalue weighted by Gasteiger charge is 2.21. The maximum atomic E-state index is 12.2. The van der Waals surface area contributed by atoms with E-state index in [0.29, 0.717) is 12.4 Å². The molecule has 2 aromatic carbocycles. The molecule has 1 amide bonds. The fourth-order valence-corrected chi connectivity index (χ4v) is 3.81. The minimum Gasteiger partial charge on any atom is -0.497 e. The Morgan fingerprint density at radius 2 is 1.92 bits per heavy atom. The number of hydrogen-bond donors (Lipinski definition) is 1. The number of aryl methyl sites for hydroxylation is 1. The van der Waals surface area contributed by atoms with Crippen molar-refractivity contribution in [3.8, 4) is 11.5 Å². The van der Waals surface area contributed by atoms with Crippen LogP contribution in [0.4, 0.5) is 0 Å². The lowest BCUT2D eigenvalue weighted by Gasteiger charge is -2.26. The zero-order valence-electron chi connectivity index (χ0n) is 15.1. The van der Waals surface area contributed by atoms with Gasteiger partial charge in [0.2, 0.25) is 5.91 Å². The molecular formula is C21H25NO3S. The Kier molecular flexibility index (Phi) is 6.83. The van der Waals surface area contributed by atoms with Gasteiger partial charge in [0.05, 0.1) is 25.5 Å². The zero-order valence-corrected chi connectivity index (χ0v) is 15.9. The summed E-state index contributed by atoms with van der Waals surface area (Å²) in [6.45, 7) is 0.580. The van der Waals surface area contributed by atoms with Gasteiger partial charge in [-0.3, -0.25) is 4.79 Å². The van der Waals surface area contributed by atoms with Crippen LogP contribution in [0.5, 0.6) is 11.5 Å². The fourth-order valence-electron chi connectivity index (χ4n) is 3.20. The second kappa shape index (κ2) is 9.53. The van der Waals surface area contributed by atoms with E-state index in [1.165, 1.54) is 11.1 Å². The molecular weight excluding hydrogens is 346 g/mol. The first kappa shape index (κ1) is 18.6. The second-order valence-corrected chi connectivity index (χ2v) is 7.39. The van der Waals surface area contributed by atoms with Gasteiger partial charge in [0, 0.05) is 5.75 Å². The van der Waals surface area contributed by atoms with Gasteiger partial charge in [-0.05, 0) is 54.7 Å². The highest BCUT2D eigenvalue weighted by Crippen LogP contribution is 2.29. The first-order valence-electron chi connectivity index (χ1n) is 8.98. The minimum absolute atomic E-state index is 0.0983. The molecule has 1 atom stereocenters. The molecule has 0 heterocycles. The predicted octanol–water partition coefficient (Wildman–Crippen LogP) is 4.00. The van der Waals surface area contributed by atoms with E-state index >= 15 is 0 Å². The van der Waals surface area contributed by atoms with E-state index in [0.717, 1.165) is 36.5 Å². The Bertz CT molecular complexity index is 717. The van der Waals surface area contributed by atoms with Crippen molar-refractivity contribution in [3.63, 3.8) is 0 Å². The molecule has 0 spiro atoms. The maximum Gasteiger partial charge on any atom is 0.230 e. The van der Waals surface area contributed by atoms with E-state index in [4.69, 9.17) is 9.47 Å². The van der Waals surface area contributed by atoms with Gasteiger partial charge < -0.3 is 14.8 Å². The number of fused-ring (bicyclic) bond motifs is 1. The van der Waals surface area contributed by atoms with Gasteiger partial charge in [0.25, 0.3) is 0 Å². The molecule has 2 aromatic rings. The van der Waals surface area contributed by atoms with Gasteiger partial charge in [-0.15, -0.1) is 11.8 Å². The summed E-state index contributed by atoms with van der Waals surface area (Å²) in [5, 5.41) is 3.18. The number of carbonyl (C=O) groups excluding carboxylic acids is 1. The van der Waals surface area contributed by atoms with Crippen LogP contribution in [0.15, 0.2) is 48.5 Å². The molecule has 0 fully saturated rings. The molecule has 0 saturated carbocycles. The fraction of sp³-hybridized carbons (Fsp3) is 0.381. The normalized spacial score (nSPS) is 15.8. The molecule has 0 aromatic heterocycles. The first-order valence-corrected chi connectivity index (χ1v) is 10.1. The van der Waals surface area contributed by atoms with E-state index in [1.54, 1.807) is 18.9 Å². The molecule has 0 radical (unpaired) electrons. The lowest BCUT2D eigenvalue weighted by Crippen LogP contribution is -2.32. The number of nitrogens with one attached hydrogen (secondary N) is 1. The third-order valence-corrected chi connectivity index (χ3v) is 5.42. The van der Waals surface area contributed by atoms with Crippen molar-refractivity contribution in [1.82, 2.24) is 5.32 Å². The smallest absolute Gasteiger partial charge is 0.230 e. The number of benzene rings is 2. The highest BCUT2D eigenvalue weighted by atomic mass is 32.2. The van der Waals surface area contributed by atoms with Crippen molar-refractivity contribution >= 4 is 17.7 Å². The van der Waals surface area contributed by atoms with Crippen molar-refractivity contribution in [2.75, 3.05) is 25.2 Å². The quantitative estimate of drug-likeness (QED) is 0.713. The Morgan fingerprint density at radius 3 is 2.73 bits per heavy atom. The summed E-state index contributed by atoms with van der Waals surface area (Å²) < 4.78 is 10.8. The Balaban J connectivity index is 1.36. The van der Waals surface area contributed by atoms with E-state index < -0.39 is 0 Å². The molecule has 1 unspecified atom stereocenters. The molecule has 3 rings (SSSR count). The van der Waals surface area contributed by atoms with Crippen LogP contribution in [0.1, 0.15) is 30.0 Å². The van der Waals surface area contributed by atoms with Crippen LogP contribution in [0.2, 0.25) is 0 Å². The number of methoxy groups -OCH3 is 1. The Morgan fingerprint density at radius 1 is 1.15 bits per heavy atom. The molecule has 0 saturated heterocycles. The number of carbonyl (C=O) groups is 1. The van der Waals surface area contributed by atoms with Gasteiger partial charge >= 0.3 is 0 Å². The molecule has 4 nitrogen and oxygen atoms in total. The molecule has 1 aliphatic carbocycles. The highest BCUT2D eigenvalue weighted by molar-refractivity contribution is 7.99. The van der Waals surface area contributed by atoms with Crippen LogP contribution in [-0.4, -0.2) is 31.1 Å². The Labute approximate surface area is 159 Å². The number of ether oxygens (including phenoxy) is 2. The first-order chi connectivity index (χ1) is 12.8. The van der Waals surface area contributed by atoms with E-state index in [2.05, 4.69) is 29.6 Å². The van der Waals surface area contributed by atoms with Crippen molar-refractivity contribution in [1.29, 1.82) is 0 Å². The van der Waals surface area contributed by atoms with Gasteiger partial charge in [0.1, 0.15) is 11.5 Å². The van der Waals surface area contributed by atoms with Gasteiger partial charge in [-0.25, -0.2) is 0 Å². The molecule has 26 heavy (non-hydrogen) atoms. The van der Waals surface area contributed by atoms with E-state index in [9.17, 15) is 4.79 Å². The summed E-state index contributed by atoms with van der Waals surface area (Å²) in [5.74, 6) is 2.97. The maximum absolute atomic E-state index is 12.2. The summed E-state index contributed by atoms with van der Waals surface area (Å²) in [6.07, 6.45) is 3.26. The number of thioether (sulfide) groups is 1. The lowest BCUT2D eigenvalue weighted by atomic mass is 9.88. The average Bonchev–Trinajstić information content (AvgIpc) is 2.68. The third kappa shape index (κ3) is 5.18. The SMILES string of the molecule is COc1ccc(OCCSCC(=O)NC2CCCc3ccccc32)cc1. The Hall–Kier alpha value is -2.14. The molecule has 1 aliphatic rings.